The van der Waals surface area contributed by atoms with Crippen LogP contribution in [0.3, 0.4) is 0 Å². The average molecular weight is 280 g/mol. The van der Waals surface area contributed by atoms with Gasteiger partial charge in [0.25, 0.3) is 0 Å². The Balaban J connectivity index is 2.46. The highest BCUT2D eigenvalue weighted by Crippen LogP contribution is 2.27. The molecule has 0 N–H and O–H groups in total. The molecule has 0 amide bonds. The molecule has 0 radical (unpaired) electrons. The maximum absolute atomic E-state index is 11.2. The lowest BCUT2D eigenvalue weighted by atomic mass is 9.98. The fourth-order valence-electron chi connectivity index (χ4n) is 1.40. The predicted octanol–water partition coefficient (Wildman–Crippen LogP) is 2.32. The number of cyclic esters (lactones) is 1. The summed E-state index contributed by atoms with van der Waals surface area (Å²) >= 11 is 2.24. The zero-order valence-corrected chi connectivity index (χ0v) is 9.34. The molecular formula is C9H13IO2. The average Bonchev–Trinajstić information content (AvgIpc) is 2.31. The minimum atomic E-state index is -0.0420. The third-order valence-electron chi connectivity index (χ3n) is 1.93. The van der Waals surface area contributed by atoms with E-state index >= 15 is 0 Å². The minimum Gasteiger partial charge on any atom is -0.461 e. The highest BCUT2D eigenvalue weighted by atomic mass is 127. The molecule has 1 rings (SSSR count). The fourth-order valence-corrected chi connectivity index (χ4v) is 1.94. The zero-order chi connectivity index (χ0) is 9.14. The van der Waals surface area contributed by atoms with Crippen LogP contribution in [-0.4, -0.2) is 16.5 Å². The summed E-state index contributed by atoms with van der Waals surface area (Å²) in [4.78, 5) is 11.2. The lowest BCUT2D eigenvalue weighted by molar-refractivity contribution is -0.143. The first kappa shape index (κ1) is 10.0. The van der Waals surface area contributed by atoms with Crippen LogP contribution >= 0.6 is 22.6 Å². The zero-order valence-electron chi connectivity index (χ0n) is 7.18. The molecule has 3 heteroatoms. The molecule has 0 spiro atoms. The van der Waals surface area contributed by atoms with E-state index in [0.29, 0.717) is 0 Å². The van der Waals surface area contributed by atoms with Gasteiger partial charge >= 0.3 is 5.97 Å². The van der Waals surface area contributed by atoms with Crippen LogP contribution in [0, 0.1) is 5.92 Å². The van der Waals surface area contributed by atoms with Gasteiger partial charge in [0.05, 0.1) is 5.92 Å². The van der Waals surface area contributed by atoms with Crippen LogP contribution in [-0.2, 0) is 9.53 Å². The Hall–Kier alpha value is -0.0600. The number of esters is 1. The van der Waals surface area contributed by atoms with Gasteiger partial charge in [-0.2, -0.15) is 0 Å². The Bertz CT molecular complexity index is 201. The van der Waals surface area contributed by atoms with Crippen LogP contribution in [0.25, 0.3) is 0 Å². The largest absolute Gasteiger partial charge is 0.461 e. The number of carbonyl (C=O) groups excluding carboxylic acids is 1. The predicted molar refractivity (Wildman–Crippen MR) is 56.3 cm³/mol. The molecule has 0 aliphatic carbocycles. The van der Waals surface area contributed by atoms with Crippen molar-refractivity contribution in [1.82, 2.24) is 0 Å². The number of hydrogen-bond donors (Lipinski definition) is 0. The summed E-state index contributed by atoms with van der Waals surface area (Å²) < 4.78 is 6.04. The van der Waals surface area contributed by atoms with Crippen LogP contribution in [0.4, 0.5) is 0 Å². The van der Waals surface area contributed by atoms with Gasteiger partial charge in [-0.05, 0) is 19.8 Å². The number of carbonyl (C=O) groups is 1. The van der Waals surface area contributed by atoms with E-state index in [-0.39, 0.29) is 18.0 Å². The summed E-state index contributed by atoms with van der Waals surface area (Å²) in [6.45, 7) is 5.74. The first-order valence-corrected chi connectivity index (χ1v) is 5.57. The van der Waals surface area contributed by atoms with E-state index in [0.717, 1.165) is 22.8 Å². The van der Waals surface area contributed by atoms with Crippen molar-refractivity contribution in [2.75, 3.05) is 4.43 Å². The van der Waals surface area contributed by atoms with Gasteiger partial charge in [-0.25, -0.2) is 0 Å². The Morgan fingerprint density at radius 2 is 2.50 bits per heavy atom. The van der Waals surface area contributed by atoms with Gasteiger partial charge in [-0.3, -0.25) is 4.79 Å². The molecule has 2 nitrogen and oxygen atoms in total. The van der Waals surface area contributed by atoms with E-state index < -0.39 is 0 Å². The molecule has 0 unspecified atom stereocenters. The molecule has 0 aromatic rings. The second-order valence-electron chi connectivity index (χ2n) is 3.31. The van der Waals surface area contributed by atoms with Gasteiger partial charge in [-0.15, -0.1) is 6.58 Å². The van der Waals surface area contributed by atoms with E-state index in [9.17, 15) is 4.79 Å². The summed E-state index contributed by atoms with van der Waals surface area (Å²) in [5.74, 6) is 0.0296. The molecule has 0 saturated carbocycles. The standard InChI is InChI=1S/C9H13IO2/c1-6(2)3-7-4-8(5-10)12-9(7)11/h7-8H,1,3-5H2,2H3/t7-,8+/m1/s1. The maximum Gasteiger partial charge on any atom is 0.309 e. The van der Waals surface area contributed by atoms with E-state index in [1.165, 1.54) is 0 Å². The smallest absolute Gasteiger partial charge is 0.309 e. The Kier molecular flexibility index (Phi) is 3.55. The molecule has 0 aromatic carbocycles. The van der Waals surface area contributed by atoms with E-state index in [1.807, 2.05) is 6.92 Å². The molecule has 1 aliphatic heterocycles. The first-order chi connectivity index (χ1) is 5.63. The molecule has 1 saturated heterocycles. The van der Waals surface area contributed by atoms with Crippen LogP contribution in [0.1, 0.15) is 19.8 Å². The van der Waals surface area contributed by atoms with Crippen LogP contribution in [0.5, 0.6) is 0 Å². The van der Waals surface area contributed by atoms with E-state index in [4.69, 9.17) is 4.74 Å². The monoisotopic (exact) mass is 280 g/mol. The Morgan fingerprint density at radius 1 is 1.83 bits per heavy atom. The molecule has 0 aromatic heterocycles. The molecule has 2 atom stereocenters. The molecular weight excluding hydrogens is 267 g/mol. The van der Waals surface area contributed by atoms with Gasteiger partial charge in [0.1, 0.15) is 6.10 Å². The summed E-state index contributed by atoms with van der Waals surface area (Å²) in [6.07, 6.45) is 1.79. The second-order valence-corrected chi connectivity index (χ2v) is 4.19. The molecule has 68 valence electrons. The summed E-state index contributed by atoms with van der Waals surface area (Å²) in [7, 11) is 0. The van der Waals surface area contributed by atoms with Crippen molar-refractivity contribution in [2.45, 2.75) is 25.9 Å². The van der Waals surface area contributed by atoms with Crippen LogP contribution in [0.2, 0.25) is 0 Å². The van der Waals surface area contributed by atoms with Crippen molar-refractivity contribution in [3.05, 3.63) is 12.2 Å². The van der Waals surface area contributed by atoms with Gasteiger partial charge in [0, 0.05) is 4.43 Å². The number of ether oxygens (including phenoxy) is 1. The fraction of sp³-hybridized carbons (Fsp3) is 0.667. The SMILES string of the molecule is C=C(C)C[C@@H]1C[C@@H](CI)OC1=O. The Morgan fingerprint density at radius 3 is 2.92 bits per heavy atom. The first-order valence-electron chi connectivity index (χ1n) is 4.04. The number of halogens is 1. The molecule has 12 heavy (non-hydrogen) atoms. The van der Waals surface area contributed by atoms with Crippen molar-refractivity contribution in [2.24, 2.45) is 5.92 Å². The number of rotatable bonds is 3. The van der Waals surface area contributed by atoms with Gasteiger partial charge in [0.15, 0.2) is 0 Å². The van der Waals surface area contributed by atoms with Crippen molar-refractivity contribution >= 4 is 28.6 Å². The topological polar surface area (TPSA) is 26.3 Å². The second kappa shape index (κ2) is 4.25. The van der Waals surface area contributed by atoms with Crippen molar-refractivity contribution < 1.29 is 9.53 Å². The Labute approximate surface area is 86.5 Å². The summed E-state index contributed by atoms with van der Waals surface area (Å²) in [5.41, 5.74) is 1.06. The van der Waals surface area contributed by atoms with Gasteiger partial charge in [0.2, 0.25) is 0 Å². The van der Waals surface area contributed by atoms with Gasteiger partial charge in [-0.1, -0.05) is 28.2 Å². The maximum atomic E-state index is 11.2. The minimum absolute atomic E-state index is 0.0420. The van der Waals surface area contributed by atoms with Crippen LogP contribution in [0.15, 0.2) is 12.2 Å². The third-order valence-corrected chi connectivity index (χ3v) is 2.91. The lowest BCUT2D eigenvalue weighted by Gasteiger charge is -2.02. The summed E-state index contributed by atoms with van der Waals surface area (Å²) in [5, 5.41) is 0. The van der Waals surface area contributed by atoms with Crippen molar-refractivity contribution in [1.29, 1.82) is 0 Å². The normalized spacial score (nSPS) is 28.7. The number of alkyl halides is 1. The molecule has 0 bridgehead atoms. The van der Waals surface area contributed by atoms with Crippen molar-refractivity contribution in [3.63, 3.8) is 0 Å². The lowest BCUT2D eigenvalue weighted by Crippen LogP contribution is -2.07. The van der Waals surface area contributed by atoms with E-state index in [1.54, 1.807) is 0 Å². The number of hydrogen-bond acceptors (Lipinski definition) is 2. The summed E-state index contributed by atoms with van der Waals surface area (Å²) in [6, 6.07) is 0. The number of allylic oxidation sites excluding steroid dienone is 1. The highest BCUT2D eigenvalue weighted by Gasteiger charge is 2.33. The van der Waals surface area contributed by atoms with Crippen molar-refractivity contribution in [3.8, 4) is 0 Å². The molecule has 1 fully saturated rings. The van der Waals surface area contributed by atoms with E-state index in [2.05, 4.69) is 29.2 Å². The highest BCUT2D eigenvalue weighted by molar-refractivity contribution is 14.1. The quantitative estimate of drug-likeness (QED) is 0.343. The molecule has 1 heterocycles. The molecule has 1 aliphatic rings. The van der Waals surface area contributed by atoms with Crippen LogP contribution < -0.4 is 0 Å². The van der Waals surface area contributed by atoms with Gasteiger partial charge < -0.3 is 4.74 Å². The third kappa shape index (κ3) is 2.47.